The molecule has 2 aliphatic rings. The number of nitrogens with zero attached hydrogens (tertiary/aromatic N) is 1. The van der Waals surface area contributed by atoms with E-state index in [0.29, 0.717) is 16.9 Å². The fourth-order valence-corrected chi connectivity index (χ4v) is 4.13. The number of fused-ring (bicyclic) bond motifs is 2. The SMILES string of the molecule is CC1(C)C2CCC1(C)C(NCc1cnc[nH]1)C2. The molecule has 17 heavy (non-hydrogen) atoms. The molecular formula is C14H23N3. The lowest BCUT2D eigenvalue weighted by atomic mass is 9.69. The van der Waals surface area contributed by atoms with Crippen molar-refractivity contribution in [3.8, 4) is 0 Å². The number of hydrogen-bond acceptors (Lipinski definition) is 2. The summed E-state index contributed by atoms with van der Waals surface area (Å²) in [5.74, 6) is 0.909. The van der Waals surface area contributed by atoms with Gasteiger partial charge in [0, 0.05) is 24.5 Å². The smallest absolute Gasteiger partial charge is 0.0922 e. The molecule has 94 valence electrons. The summed E-state index contributed by atoms with van der Waals surface area (Å²) in [6.45, 7) is 8.32. The van der Waals surface area contributed by atoms with E-state index in [1.807, 2.05) is 6.20 Å². The minimum atomic E-state index is 0.470. The molecule has 0 aliphatic heterocycles. The molecule has 2 N–H and O–H groups in total. The van der Waals surface area contributed by atoms with E-state index in [-0.39, 0.29) is 0 Å². The maximum absolute atomic E-state index is 4.07. The van der Waals surface area contributed by atoms with Crippen LogP contribution in [0.3, 0.4) is 0 Å². The van der Waals surface area contributed by atoms with Gasteiger partial charge in [0.25, 0.3) is 0 Å². The van der Waals surface area contributed by atoms with Crippen molar-refractivity contribution in [1.82, 2.24) is 15.3 Å². The molecule has 0 amide bonds. The molecule has 3 rings (SSSR count). The van der Waals surface area contributed by atoms with Crippen LogP contribution in [0.25, 0.3) is 0 Å². The first kappa shape index (κ1) is 11.3. The van der Waals surface area contributed by atoms with Crippen molar-refractivity contribution in [2.24, 2.45) is 16.7 Å². The van der Waals surface area contributed by atoms with Crippen LogP contribution in [-0.4, -0.2) is 16.0 Å². The minimum Gasteiger partial charge on any atom is -0.347 e. The van der Waals surface area contributed by atoms with Crippen molar-refractivity contribution in [3.05, 3.63) is 18.2 Å². The average Bonchev–Trinajstić information content (AvgIpc) is 2.91. The molecule has 3 atom stereocenters. The van der Waals surface area contributed by atoms with Gasteiger partial charge in [-0.15, -0.1) is 0 Å². The fourth-order valence-electron chi connectivity index (χ4n) is 4.13. The van der Waals surface area contributed by atoms with Gasteiger partial charge in [0.05, 0.1) is 6.33 Å². The Balaban J connectivity index is 1.70. The first-order valence-corrected chi connectivity index (χ1v) is 6.75. The summed E-state index contributed by atoms with van der Waals surface area (Å²) < 4.78 is 0. The molecule has 0 aromatic carbocycles. The predicted octanol–water partition coefficient (Wildman–Crippen LogP) is 2.71. The second kappa shape index (κ2) is 3.58. The number of rotatable bonds is 3. The quantitative estimate of drug-likeness (QED) is 0.842. The van der Waals surface area contributed by atoms with Gasteiger partial charge in [0.1, 0.15) is 0 Å². The van der Waals surface area contributed by atoms with Crippen LogP contribution < -0.4 is 5.32 Å². The summed E-state index contributed by atoms with van der Waals surface area (Å²) in [5.41, 5.74) is 2.16. The summed E-state index contributed by atoms with van der Waals surface area (Å²) >= 11 is 0. The summed E-state index contributed by atoms with van der Waals surface area (Å²) in [7, 11) is 0. The third-order valence-electron chi connectivity index (χ3n) is 5.89. The molecule has 2 fully saturated rings. The number of nitrogens with one attached hydrogen (secondary N) is 2. The van der Waals surface area contributed by atoms with Gasteiger partial charge < -0.3 is 10.3 Å². The van der Waals surface area contributed by atoms with Gasteiger partial charge in [-0.3, -0.25) is 0 Å². The Kier molecular flexibility index (Phi) is 2.37. The van der Waals surface area contributed by atoms with Gasteiger partial charge in [-0.2, -0.15) is 0 Å². The first-order valence-electron chi connectivity index (χ1n) is 6.75. The van der Waals surface area contributed by atoms with E-state index in [0.717, 1.165) is 12.5 Å². The van der Waals surface area contributed by atoms with Crippen molar-refractivity contribution in [1.29, 1.82) is 0 Å². The molecule has 0 spiro atoms. The van der Waals surface area contributed by atoms with Crippen molar-refractivity contribution in [2.45, 2.75) is 52.6 Å². The Morgan fingerprint density at radius 2 is 2.29 bits per heavy atom. The third-order valence-corrected chi connectivity index (χ3v) is 5.89. The van der Waals surface area contributed by atoms with Crippen molar-refractivity contribution >= 4 is 0 Å². The number of hydrogen-bond donors (Lipinski definition) is 2. The third kappa shape index (κ3) is 1.48. The molecule has 2 aliphatic carbocycles. The summed E-state index contributed by atoms with van der Waals surface area (Å²) in [6, 6.07) is 0.666. The van der Waals surface area contributed by atoms with Crippen LogP contribution in [-0.2, 0) is 6.54 Å². The van der Waals surface area contributed by atoms with Crippen LogP contribution >= 0.6 is 0 Å². The Labute approximate surface area is 103 Å². The Morgan fingerprint density at radius 3 is 2.82 bits per heavy atom. The van der Waals surface area contributed by atoms with Crippen molar-refractivity contribution in [3.63, 3.8) is 0 Å². The maximum atomic E-state index is 4.07. The van der Waals surface area contributed by atoms with E-state index < -0.39 is 0 Å². The van der Waals surface area contributed by atoms with Crippen LogP contribution in [0.1, 0.15) is 45.7 Å². The van der Waals surface area contributed by atoms with Gasteiger partial charge in [-0.25, -0.2) is 4.98 Å². The van der Waals surface area contributed by atoms with E-state index in [4.69, 9.17) is 0 Å². The number of aromatic amines is 1. The Morgan fingerprint density at radius 1 is 1.47 bits per heavy atom. The highest BCUT2D eigenvalue weighted by Gasteiger charge is 2.60. The van der Waals surface area contributed by atoms with Crippen LogP contribution in [0.4, 0.5) is 0 Å². The van der Waals surface area contributed by atoms with Gasteiger partial charge in [-0.05, 0) is 36.0 Å². The second-order valence-electron chi connectivity index (χ2n) is 6.62. The molecule has 3 unspecified atom stereocenters. The van der Waals surface area contributed by atoms with Crippen molar-refractivity contribution in [2.75, 3.05) is 0 Å². The molecule has 1 aromatic rings. The molecule has 3 heteroatoms. The minimum absolute atomic E-state index is 0.470. The summed E-state index contributed by atoms with van der Waals surface area (Å²) in [4.78, 5) is 7.23. The van der Waals surface area contributed by atoms with Gasteiger partial charge in [-0.1, -0.05) is 20.8 Å². The average molecular weight is 233 g/mol. The van der Waals surface area contributed by atoms with E-state index in [1.54, 1.807) is 6.33 Å². The highest BCUT2D eigenvalue weighted by molar-refractivity contribution is 5.13. The lowest BCUT2D eigenvalue weighted by Crippen LogP contribution is -2.44. The number of imidazole rings is 1. The van der Waals surface area contributed by atoms with Gasteiger partial charge in [0.2, 0.25) is 0 Å². The first-order chi connectivity index (χ1) is 8.04. The van der Waals surface area contributed by atoms with Crippen LogP contribution in [0.15, 0.2) is 12.5 Å². The zero-order valence-corrected chi connectivity index (χ0v) is 11.1. The fraction of sp³-hybridized carbons (Fsp3) is 0.786. The number of aromatic nitrogens is 2. The zero-order valence-electron chi connectivity index (χ0n) is 11.1. The largest absolute Gasteiger partial charge is 0.347 e. The zero-order chi connectivity index (χ0) is 12.1. The normalized spacial score (nSPS) is 38.8. The second-order valence-corrected chi connectivity index (χ2v) is 6.62. The summed E-state index contributed by atoms with van der Waals surface area (Å²) in [5, 5.41) is 3.74. The molecular weight excluding hydrogens is 210 g/mol. The topological polar surface area (TPSA) is 40.7 Å². The molecule has 0 radical (unpaired) electrons. The van der Waals surface area contributed by atoms with Crippen molar-refractivity contribution < 1.29 is 0 Å². The molecule has 2 saturated carbocycles. The predicted molar refractivity (Wildman–Crippen MR) is 68.4 cm³/mol. The summed E-state index contributed by atoms with van der Waals surface area (Å²) in [6.07, 6.45) is 7.81. The molecule has 1 heterocycles. The van der Waals surface area contributed by atoms with Gasteiger partial charge >= 0.3 is 0 Å². The monoisotopic (exact) mass is 233 g/mol. The van der Waals surface area contributed by atoms with E-state index in [2.05, 4.69) is 36.1 Å². The highest BCUT2D eigenvalue weighted by atomic mass is 15.0. The van der Waals surface area contributed by atoms with E-state index in [1.165, 1.54) is 25.0 Å². The van der Waals surface area contributed by atoms with Crippen LogP contribution in [0, 0.1) is 16.7 Å². The lowest BCUT2D eigenvalue weighted by Gasteiger charge is -2.39. The van der Waals surface area contributed by atoms with Gasteiger partial charge in [0.15, 0.2) is 0 Å². The van der Waals surface area contributed by atoms with E-state index in [9.17, 15) is 0 Å². The molecule has 3 nitrogen and oxygen atoms in total. The highest BCUT2D eigenvalue weighted by Crippen LogP contribution is 2.65. The maximum Gasteiger partial charge on any atom is 0.0922 e. The molecule has 1 aromatic heterocycles. The van der Waals surface area contributed by atoms with Crippen LogP contribution in [0.5, 0.6) is 0 Å². The Hall–Kier alpha value is -0.830. The standard InChI is InChI=1S/C14H23N3/c1-13(2)10-4-5-14(13,3)12(6-10)16-8-11-7-15-9-17-11/h7,9-10,12,16H,4-6,8H2,1-3H3,(H,15,17). The Bertz CT molecular complexity index is 396. The number of H-pyrrole nitrogens is 1. The molecule has 0 saturated heterocycles. The lowest BCUT2D eigenvalue weighted by molar-refractivity contribution is 0.120. The van der Waals surface area contributed by atoms with Crippen LogP contribution in [0.2, 0.25) is 0 Å². The molecule has 2 bridgehead atoms. The van der Waals surface area contributed by atoms with E-state index >= 15 is 0 Å².